The van der Waals surface area contributed by atoms with Gasteiger partial charge < -0.3 is 4.90 Å². The number of allylic oxidation sites excluding steroid dienone is 2. The molecule has 2 unspecified atom stereocenters. The number of H-pyrrole nitrogens is 1. The Labute approximate surface area is 395 Å². The van der Waals surface area contributed by atoms with Gasteiger partial charge in [0.2, 0.25) is 0 Å². The van der Waals surface area contributed by atoms with E-state index in [2.05, 4.69) is 269 Å². The highest BCUT2D eigenvalue weighted by Gasteiger charge is 2.35. The number of aromatic amines is 1. The van der Waals surface area contributed by atoms with Crippen LogP contribution in [0.2, 0.25) is 0 Å². The number of anilines is 1. The number of aliphatic imine (C=N–C) groups is 1. The van der Waals surface area contributed by atoms with Crippen molar-refractivity contribution in [2.24, 2.45) is 4.99 Å². The summed E-state index contributed by atoms with van der Waals surface area (Å²) in [4.78, 5) is 11.5. The van der Waals surface area contributed by atoms with Crippen molar-refractivity contribution in [2.45, 2.75) is 12.1 Å². The zero-order valence-corrected chi connectivity index (χ0v) is 37.2. The van der Waals surface area contributed by atoms with Gasteiger partial charge in [-0.15, -0.1) is 0 Å². The van der Waals surface area contributed by atoms with Crippen molar-refractivity contribution in [2.75, 3.05) is 4.90 Å². The standard InChI is InChI=1S/C64H44N4/c1-5-17-43(18-6-1)49-37-39-53-55(41-49)61(45-29-33-47(34-30-45)63-65-57-25-13-15-27-59(57)67(63)51-21-9-3-10-22-51)54-40-38-50(44-19-7-2-8-20-44)42-56(54)62(53)46-31-35-48(36-32-46)64-66-58-26-14-16-28-60(58)68(64)52-23-11-4-12-24-52/h1-42,57,59H/p+1. The maximum Gasteiger partial charge on any atom is 0.292 e. The number of amidine groups is 1. The second-order valence-electron chi connectivity index (χ2n) is 17.7. The van der Waals surface area contributed by atoms with Crippen LogP contribution < -0.4 is 9.47 Å². The average molecular weight is 870 g/mol. The summed E-state index contributed by atoms with van der Waals surface area (Å²) in [5.74, 6) is 2.03. The van der Waals surface area contributed by atoms with Gasteiger partial charge in [0, 0.05) is 11.3 Å². The molecule has 68 heavy (non-hydrogen) atoms. The van der Waals surface area contributed by atoms with E-state index < -0.39 is 0 Å². The van der Waals surface area contributed by atoms with Crippen molar-refractivity contribution < 1.29 is 4.57 Å². The zero-order valence-electron chi connectivity index (χ0n) is 37.2. The lowest BCUT2D eigenvalue weighted by Gasteiger charge is -2.29. The molecule has 11 aromatic rings. The van der Waals surface area contributed by atoms with Crippen molar-refractivity contribution in [1.82, 2.24) is 4.98 Å². The Hall–Kier alpha value is -8.86. The number of fused-ring (bicyclic) bond motifs is 4. The largest absolute Gasteiger partial charge is 0.317 e. The predicted molar refractivity (Wildman–Crippen MR) is 283 cm³/mol. The summed E-state index contributed by atoms with van der Waals surface area (Å²) in [5.41, 5.74) is 16.2. The van der Waals surface area contributed by atoms with E-state index in [1.807, 2.05) is 0 Å². The van der Waals surface area contributed by atoms with Crippen molar-refractivity contribution >= 4 is 44.1 Å². The second-order valence-corrected chi connectivity index (χ2v) is 17.7. The van der Waals surface area contributed by atoms with E-state index in [-0.39, 0.29) is 12.1 Å². The number of nitrogens with one attached hydrogen (secondary N) is 1. The number of aromatic nitrogens is 2. The van der Waals surface area contributed by atoms with E-state index in [4.69, 9.17) is 4.99 Å². The fraction of sp³-hybridized carbons (Fsp3) is 0.0312. The van der Waals surface area contributed by atoms with Gasteiger partial charge in [0.1, 0.15) is 11.5 Å². The molecule has 1 N–H and O–H groups in total. The third-order valence-electron chi connectivity index (χ3n) is 13.8. The van der Waals surface area contributed by atoms with Crippen LogP contribution in [0.3, 0.4) is 0 Å². The van der Waals surface area contributed by atoms with E-state index in [9.17, 15) is 0 Å². The summed E-state index contributed by atoms with van der Waals surface area (Å²) in [7, 11) is 0. The molecule has 320 valence electrons. The van der Waals surface area contributed by atoms with Gasteiger partial charge in [0.25, 0.3) is 5.82 Å². The number of nitrogens with zero attached hydrogens (tertiary/aromatic N) is 3. The Balaban J connectivity index is 1.01. The molecule has 10 aromatic carbocycles. The normalized spacial score (nSPS) is 15.3. The first-order valence-electron chi connectivity index (χ1n) is 23.4. The highest BCUT2D eigenvalue weighted by atomic mass is 15.3. The SMILES string of the molecule is C1=CC2N=C(c3ccc(-c4c5ccc(-c6ccccc6)cc5c(-c5ccc(-c6[nH]c7ccccc7[n+]6-c6ccccc6)cc5)c5ccc(-c6ccccc6)cc45)cc3)N(c3ccccc3)C2C=C1. The molecule has 1 aromatic heterocycles. The van der Waals surface area contributed by atoms with Crippen molar-refractivity contribution in [3.8, 4) is 61.6 Å². The lowest BCUT2D eigenvalue weighted by Crippen LogP contribution is -2.39. The molecule has 0 saturated heterocycles. The van der Waals surface area contributed by atoms with Gasteiger partial charge in [-0.2, -0.15) is 4.57 Å². The van der Waals surface area contributed by atoms with Crippen molar-refractivity contribution in [1.29, 1.82) is 0 Å². The van der Waals surface area contributed by atoms with Crippen LogP contribution in [0.4, 0.5) is 5.69 Å². The van der Waals surface area contributed by atoms with Crippen LogP contribution in [0.5, 0.6) is 0 Å². The Morgan fingerprint density at radius 1 is 0.397 bits per heavy atom. The van der Waals surface area contributed by atoms with Gasteiger partial charge in [-0.25, -0.2) is 4.98 Å². The summed E-state index contributed by atoms with van der Waals surface area (Å²) < 4.78 is 2.33. The van der Waals surface area contributed by atoms with E-state index in [1.165, 1.54) is 54.9 Å². The van der Waals surface area contributed by atoms with E-state index in [1.54, 1.807) is 0 Å². The molecule has 0 spiro atoms. The van der Waals surface area contributed by atoms with Gasteiger partial charge in [-0.05, 0) is 127 Å². The quantitative estimate of drug-likeness (QED) is 0.120. The molecule has 0 amide bonds. The lowest BCUT2D eigenvalue weighted by atomic mass is 9.83. The molecule has 0 saturated carbocycles. The molecule has 2 heterocycles. The van der Waals surface area contributed by atoms with Crippen LogP contribution in [-0.4, -0.2) is 22.9 Å². The Morgan fingerprint density at radius 3 is 1.49 bits per heavy atom. The highest BCUT2D eigenvalue weighted by molar-refractivity contribution is 6.23. The highest BCUT2D eigenvalue weighted by Crippen LogP contribution is 2.46. The molecule has 4 heteroatoms. The van der Waals surface area contributed by atoms with E-state index in [0.29, 0.717) is 0 Å². The second kappa shape index (κ2) is 16.5. The molecule has 0 bridgehead atoms. The van der Waals surface area contributed by atoms with Crippen LogP contribution in [0.15, 0.2) is 260 Å². The maximum atomic E-state index is 5.33. The summed E-state index contributed by atoms with van der Waals surface area (Å²) in [6.07, 6.45) is 8.74. The van der Waals surface area contributed by atoms with E-state index >= 15 is 0 Å². The Kier molecular flexibility index (Phi) is 9.61. The van der Waals surface area contributed by atoms with Gasteiger partial charge in [0.15, 0.2) is 11.0 Å². The molecular weight excluding hydrogens is 825 g/mol. The minimum absolute atomic E-state index is 0.0618. The van der Waals surface area contributed by atoms with Crippen molar-refractivity contribution in [3.63, 3.8) is 0 Å². The van der Waals surface area contributed by atoms with Gasteiger partial charge in [-0.1, -0.05) is 194 Å². The molecule has 2 aliphatic rings. The number of rotatable bonds is 8. The van der Waals surface area contributed by atoms with E-state index in [0.717, 1.165) is 56.3 Å². The van der Waals surface area contributed by atoms with Crippen LogP contribution in [-0.2, 0) is 0 Å². The number of hydrogen-bond donors (Lipinski definition) is 1. The third-order valence-corrected chi connectivity index (χ3v) is 13.8. The topological polar surface area (TPSA) is 35.3 Å². The van der Waals surface area contributed by atoms with Crippen molar-refractivity contribution in [3.05, 3.63) is 260 Å². The average Bonchev–Trinajstić information content (AvgIpc) is 4.01. The number of hydrogen-bond acceptors (Lipinski definition) is 2. The lowest BCUT2D eigenvalue weighted by molar-refractivity contribution is -0.554. The smallest absolute Gasteiger partial charge is 0.292 e. The third kappa shape index (κ3) is 6.77. The molecule has 13 rings (SSSR count). The Morgan fingerprint density at radius 2 is 0.882 bits per heavy atom. The molecule has 0 radical (unpaired) electrons. The Bertz CT molecular complexity index is 3760. The molecule has 1 aliphatic carbocycles. The summed E-state index contributed by atoms with van der Waals surface area (Å²) in [5, 5.41) is 4.83. The monoisotopic (exact) mass is 869 g/mol. The van der Waals surface area contributed by atoms with Crippen LogP contribution in [0.1, 0.15) is 5.56 Å². The molecule has 1 aliphatic heterocycles. The van der Waals surface area contributed by atoms with Gasteiger partial charge in [0.05, 0.1) is 17.6 Å². The number of para-hydroxylation sites is 4. The first kappa shape index (κ1) is 39.5. The molecular formula is C64H45N4+. The van der Waals surface area contributed by atoms with Crippen LogP contribution in [0.25, 0.3) is 94.2 Å². The fourth-order valence-corrected chi connectivity index (χ4v) is 10.6. The minimum atomic E-state index is 0.0618. The van der Waals surface area contributed by atoms with Crippen LogP contribution in [0, 0.1) is 0 Å². The predicted octanol–water partition coefficient (Wildman–Crippen LogP) is 15.2. The molecule has 0 fully saturated rings. The first-order valence-corrected chi connectivity index (χ1v) is 23.4. The van der Waals surface area contributed by atoms with Gasteiger partial charge in [-0.3, -0.25) is 4.99 Å². The summed E-state index contributed by atoms with van der Waals surface area (Å²) in [6, 6.07) is 83.9. The number of benzene rings is 10. The minimum Gasteiger partial charge on any atom is -0.317 e. The van der Waals surface area contributed by atoms with Gasteiger partial charge >= 0.3 is 0 Å². The summed E-state index contributed by atoms with van der Waals surface area (Å²) >= 11 is 0. The van der Waals surface area contributed by atoms with Crippen LogP contribution >= 0.6 is 0 Å². The number of imidazole rings is 1. The molecule has 4 nitrogen and oxygen atoms in total. The summed E-state index contributed by atoms with van der Waals surface area (Å²) in [6.45, 7) is 0. The fourth-order valence-electron chi connectivity index (χ4n) is 10.6. The molecule has 2 atom stereocenters. The first-order chi connectivity index (χ1) is 33.7. The zero-order chi connectivity index (χ0) is 45.0. The maximum absolute atomic E-state index is 5.33.